The van der Waals surface area contributed by atoms with Crippen molar-refractivity contribution in [1.82, 2.24) is 4.90 Å². The summed E-state index contributed by atoms with van der Waals surface area (Å²) in [5.74, 6) is -0.942. The Morgan fingerprint density at radius 1 is 1.12 bits per heavy atom. The maximum atomic E-state index is 13.1. The molecule has 1 saturated heterocycles. The van der Waals surface area contributed by atoms with Gasteiger partial charge in [0.1, 0.15) is 6.04 Å². The number of primary sulfonamides is 1. The quantitative estimate of drug-likeness (QED) is 0.387. The minimum atomic E-state index is -3.79. The van der Waals surface area contributed by atoms with Crippen molar-refractivity contribution in [2.24, 2.45) is 5.14 Å². The van der Waals surface area contributed by atoms with E-state index in [1.807, 2.05) is 19.1 Å². The molecule has 0 radical (unpaired) electrons. The summed E-state index contributed by atoms with van der Waals surface area (Å²) < 4.78 is 23.8. The number of benzene rings is 2. The number of carbonyl (C=O) groups excluding carboxylic acids is 3. The molecule has 32 heavy (non-hydrogen) atoms. The highest BCUT2D eigenvalue weighted by molar-refractivity contribution is 14.1. The lowest BCUT2D eigenvalue weighted by Gasteiger charge is -2.28. The van der Waals surface area contributed by atoms with Gasteiger partial charge in [-0.15, -0.1) is 0 Å². The van der Waals surface area contributed by atoms with E-state index in [4.69, 9.17) is 5.14 Å². The molecule has 2 aromatic carbocycles. The fourth-order valence-electron chi connectivity index (χ4n) is 3.63. The number of imide groups is 1. The topological polar surface area (TPSA) is 118 Å². The summed E-state index contributed by atoms with van der Waals surface area (Å²) in [6, 6.07) is 12.3. The Kier molecular flexibility index (Phi) is 7.67. The second-order valence-electron chi connectivity index (χ2n) is 7.54. The molecule has 3 rings (SSSR count). The van der Waals surface area contributed by atoms with Crippen molar-refractivity contribution in [1.29, 1.82) is 0 Å². The van der Waals surface area contributed by atoms with Crippen LogP contribution in [0.1, 0.15) is 31.7 Å². The molecule has 1 unspecified atom stereocenters. The summed E-state index contributed by atoms with van der Waals surface area (Å²) in [6.45, 7) is 2.11. The van der Waals surface area contributed by atoms with Crippen molar-refractivity contribution in [2.75, 3.05) is 11.4 Å². The van der Waals surface area contributed by atoms with E-state index in [9.17, 15) is 22.8 Å². The maximum absolute atomic E-state index is 13.1. The molecule has 0 aromatic heterocycles. The fraction of sp³-hybridized carbons (Fsp3) is 0.318. The number of hydrogen-bond donors (Lipinski definition) is 1. The van der Waals surface area contributed by atoms with Gasteiger partial charge in [-0.3, -0.25) is 14.4 Å². The van der Waals surface area contributed by atoms with E-state index in [0.717, 1.165) is 14.0 Å². The summed E-state index contributed by atoms with van der Waals surface area (Å²) >= 11 is 2.14. The molecule has 10 heteroatoms. The van der Waals surface area contributed by atoms with Crippen LogP contribution in [0, 0.1) is 3.57 Å². The van der Waals surface area contributed by atoms with Crippen LogP contribution in [0.2, 0.25) is 0 Å². The molecule has 3 amide bonds. The Hall–Kier alpha value is -2.31. The molecule has 2 N–H and O–H groups in total. The predicted molar refractivity (Wildman–Crippen MR) is 128 cm³/mol. The van der Waals surface area contributed by atoms with Gasteiger partial charge in [-0.2, -0.15) is 0 Å². The van der Waals surface area contributed by atoms with Gasteiger partial charge in [-0.05, 0) is 77.4 Å². The molecular weight excluding hydrogens is 545 g/mol. The summed E-state index contributed by atoms with van der Waals surface area (Å²) in [6.07, 6.45) is 1.23. The highest BCUT2D eigenvalue weighted by Gasteiger charge is 2.44. The Morgan fingerprint density at radius 3 is 2.31 bits per heavy atom. The van der Waals surface area contributed by atoms with Gasteiger partial charge in [0, 0.05) is 16.5 Å². The Bertz CT molecular complexity index is 1120. The second kappa shape index (κ2) is 10.1. The lowest BCUT2D eigenvalue weighted by Crippen LogP contribution is -2.46. The number of halogens is 1. The second-order valence-corrected chi connectivity index (χ2v) is 10.3. The van der Waals surface area contributed by atoms with E-state index >= 15 is 0 Å². The standard InChI is InChI=1S/C22H24IN3O5S/c1-2-3-20(27)25(13-12-15-4-10-18(11-5-15)32(24,30)31)19-14-21(28)26(22(19)29)17-8-6-16(23)7-9-17/h4-11,19H,2-3,12-14H2,1H3,(H2,24,30,31). The zero-order chi connectivity index (χ0) is 23.5. The Balaban J connectivity index is 1.79. The van der Waals surface area contributed by atoms with Gasteiger partial charge in [-0.1, -0.05) is 19.1 Å². The van der Waals surface area contributed by atoms with E-state index in [1.165, 1.54) is 17.0 Å². The van der Waals surface area contributed by atoms with Crippen LogP contribution in [0.25, 0.3) is 0 Å². The van der Waals surface area contributed by atoms with Crippen molar-refractivity contribution in [3.8, 4) is 0 Å². The van der Waals surface area contributed by atoms with Crippen molar-refractivity contribution < 1.29 is 22.8 Å². The first-order chi connectivity index (χ1) is 15.1. The number of sulfonamides is 1. The smallest absolute Gasteiger partial charge is 0.257 e. The fourth-order valence-corrected chi connectivity index (χ4v) is 4.50. The minimum absolute atomic E-state index is 0.00453. The van der Waals surface area contributed by atoms with E-state index in [2.05, 4.69) is 22.6 Å². The number of hydrogen-bond acceptors (Lipinski definition) is 5. The van der Waals surface area contributed by atoms with Crippen LogP contribution in [0.15, 0.2) is 53.4 Å². The number of amides is 3. The van der Waals surface area contributed by atoms with Gasteiger partial charge in [0.05, 0.1) is 17.0 Å². The van der Waals surface area contributed by atoms with E-state index < -0.39 is 22.0 Å². The maximum Gasteiger partial charge on any atom is 0.257 e. The highest BCUT2D eigenvalue weighted by atomic mass is 127. The summed E-state index contributed by atoms with van der Waals surface area (Å²) in [5, 5.41) is 5.13. The summed E-state index contributed by atoms with van der Waals surface area (Å²) in [4.78, 5) is 41.3. The van der Waals surface area contributed by atoms with Gasteiger partial charge in [-0.25, -0.2) is 18.5 Å². The molecule has 2 aromatic rings. The molecular formula is C22H24IN3O5S. The molecule has 1 heterocycles. The lowest BCUT2D eigenvalue weighted by molar-refractivity contribution is -0.138. The molecule has 1 aliphatic rings. The van der Waals surface area contributed by atoms with Gasteiger partial charge >= 0.3 is 0 Å². The SMILES string of the molecule is CCCC(=O)N(CCc1ccc(S(N)(=O)=O)cc1)C1CC(=O)N(c2ccc(I)cc2)C1=O. The molecule has 1 atom stereocenters. The third kappa shape index (κ3) is 5.54. The molecule has 0 spiro atoms. The first-order valence-corrected chi connectivity index (χ1v) is 12.8. The molecule has 1 fully saturated rings. The largest absolute Gasteiger partial charge is 0.330 e. The molecule has 1 aliphatic heterocycles. The first-order valence-electron chi connectivity index (χ1n) is 10.2. The average Bonchev–Trinajstić information content (AvgIpc) is 3.03. The minimum Gasteiger partial charge on any atom is -0.330 e. The zero-order valence-electron chi connectivity index (χ0n) is 17.5. The molecule has 0 bridgehead atoms. The van der Waals surface area contributed by atoms with Crippen LogP contribution >= 0.6 is 22.6 Å². The van der Waals surface area contributed by atoms with Crippen molar-refractivity contribution in [3.05, 3.63) is 57.7 Å². The monoisotopic (exact) mass is 569 g/mol. The van der Waals surface area contributed by atoms with Crippen LogP contribution in [-0.2, 0) is 30.8 Å². The Morgan fingerprint density at radius 2 is 1.75 bits per heavy atom. The number of nitrogens with two attached hydrogens (primary N) is 1. The van der Waals surface area contributed by atoms with Crippen LogP contribution in [0.3, 0.4) is 0 Å². The third-order valence-electron chi connectivity index (χ3n) is 5.26. The van der Waals surface area contributed by atoms with Crippen molar-refractivity contribution in [3.63, 3.8) is 0 Å². The summed E-state index contributed by atoms with van der Waals surface area (Å²) in [5.41, 5.74) is 1.28. The molecule has 0 aliphatic carbocycles. The number of nitrogens with zero attached hydrogens (tertiary/aromatic N) is 2. The van der Waals surface area contributed by atoms with Crippen LogP contribution in [0.4, 0.5) is 5.69 Å². The predicted octanol–water partition coefficient (Wildman–Crippen LogP) is 2.44. The van der Waals surface area contributed by atoms with Gasteiger partial charge in [0.25, 0.3) is 5.91 Å². The van der Waals surface area contributed by atoms with Crippen LogP contribution in [0.5, 0.6) is 0 Å². The van der Waals surface area contributed by atoms with Gasteiger partial charge in [0.2, 0.25) is 21.8 Å². The van der Waals surface area contributed by atoms with Gasteiger partial charge in [0.15, 0.2) is 0 Å². The molecule has 0 saturated carbocycles. The number of anilines is 1. The van der Waals surface area contributed by atoms with Crippen LogP contribution in [-0.4, -0.2) is 43.6 Å². The summed E-state index contributed by atoms with van der Waals surface area (Å²) in [7, 11) is -3.79. The van der Waals surface area contributed by atoms with Crippen LogP contribution < -0.4 is 10.0 Å². The highest BCUT2D eigenvalue weighted by Crippen LogP contribution is 2.27. The lowest BCUT2D eigenvalue weighted by atomic mass is 10.1. The van der Waals surface area contributed by atoms with Crippen molar-refractivity contribution >= 4 is 56.0 Å². The normalized spacial score (nSPS) is 16.5. The number of rotatable bonds is 8. The van der Waals surface area contributed by atoms with E-state index in [0.29, 0.717) is 18.5 Å². The van der Waals surface area contributed by atoms with E-state index in [-0.39, 0.29) is 36.1 Å². The Labute approximate surface area is 200 Å². The molecule has 170 valence electrons. The van der Waals surface area contributed by atoms with E-state index in [1.54, 1.807) is 24.3 Å². The third-order valence-corrected chi connectivity index (χ3v) is 6.91. The van der Waals surface area contributed by atoms with Gasteiger partial charge < -0.3 is 4.90 Å². The first kappa shape index (κ1) is 24.3. The van der Waals surface area contributed by atoms with Crippen molar-refractivity contribution in [2.45, 2.75) is 43.5 Å². The number of carbonyl (C=O) groups is 3. The zero-order valence-corrected chi connectivity index (χ0v) is 20.5. The average molecular weight is 569 g/mol. The molecule has 8 nitrogen and oxygen atoms in total.